The molecule has 1 aliphatic rings. The third kappa shape index (κ3) is 6.27. The molecule has 0 N–H and O–H groups in total. The first-order chi connectivity index (χ1) is 11.6. The van der Waals surface area contributed by atoms with Gasteiger partial charge in [-0.05, 0) is 67.0 Å². The van der Waals surface area contributed by atoms with Crippen LogP contribution in [0.25, 0.3) is 0 Å². The molecule has 1 aromatic rings. The highest BCUT2D eigenvalue weighted by atomic mass is 16.6. The van der Waals surface area contributed by atoms with Gasteiger partial charge < -0.3 is 9.64 Å². The predicted molar refractivity (Wildman–Crippen MR) is 99.8 cm³/mol. The summed E-state index contributed by atoms with van der Waals surface area (Å²) in [6, 6.07) is 2.38. The summed E-state index contributed by atoms with van der Waals surface area (Å²) in [5.41, 5.74) is 1.58. The Morgan fingerprint density at radius 1 is 1.24 bits per heavy atom. The molecule has 1 saturated heterocycles. The van der Waals surface area contributed by atoms with Gasteiger partial charge in [-0.15, -0.1) is 0 Å². The Balaban J connectivity index is 1.93. The topological polar surface area (TPSA) is 58.6 Å². The van der Waals surface area contributed by atoms with E-state index in [2.05, 4.69) is 19.8 Å². The SMILES string of the molecule is Cc1cc(C)nc(N2CCC[C@@H](N(C)CC(=O)OC(C)(C)C)CC2)n1. The summed E-state index contributed by atoms with van der Waals surface area (Å²) in [6.45, 7) is 11.9. The van der Waals surface area contributed by atoms with E-state index in [1.807, 2.05) is 47.7 Å². The van der Waals surface area contributed by atoms with Gasteiger partial charge in [-0.3, -0.25) is 9.69 Å². The number of anilines is 1. The van der Waals surface area contributed by atoms with Gasteiger partial charge in [-0.25, -0.2) is 9.97 Å². The molecule has 25 heavy (non-hydrogen) atoms. The second-order valence-electron chi connectivity index (χ2n) is 8.02. The van der Waals surface area contributed by atoms with E-state index < -0.39 is 5.60 Å². The van der Waals surface area contributed by atoms with E-state index in [9.17, 15) is 4.79 Å². The van der Waals surface area contributed by atoms with E-state index in [4.69, 9.17) is 4.74 Å². The van der Waals surface area contributed by atoms with Crippen LogP contribution >= 0.6 is 0 Å². The molecule has 0 aromatic carbocycles. The fourth-order valence-corrected chi connectivity index (χ4v) is 3.27. The van der Waals surface area contributed by atoms with Gasteiger partial charge in [-0.2, -0.15) is 0 Å². The van der Waals surface area contributed by atoms with Gasteiger partial charge in [0.25, 0.3) is 0 Å². The fraction of sp³-hybridized carbons (Fsp3) is 0.737. The Labute approximate surface area is 151 Å². The molecule has 1 atom stereocenters. The zero-order valence-electron chi connectivity index (χ0n) is 16.5. The van der Waals surface area contributed by atoms with Gasteiger partial charge in [0.15, 0.2) is 0 Å². The van der Waals surface area contributed by atoms with E-state index in [1.165, 1.54) is 0 Å². The molecule has 1 fully saturated rings. The number of aromatic nitrogens is 2. The maximum Gasteiger partial charge on any atom is 0.320 e. The smallest absolute Gasteiger partial charge is 0.320 e. The number of esters is 1. The third-order valence-electron chi connectivity index (χ3n) is 4.37. The average molecular weight is 348 g/mol. The first-order valence-electron chi connectivity index (χ1n) is 9.13. The number of likely N-dealkylation sites (N-methyl/N-ethyl adjacent to an activating group) is 1. The van der Waals surface area contributed by atoms with Crippen molar-refractivity contribution in [1.29, 1.82) is 0 Å². The minimum Gasteiger partial charge on any atom is -0.459 e. The average Bonchev–Trinajstić information content (AvgIpc) is 2.69. The Bertz CT molecular complexity index is 577. The summed E-state index contributed by atoms with van der Waals surface area (Å²) >= 11 is 0. The van der Waals surface area contributed by atoms with Crippen molar-refractivity contribution >= 4 is 11.9 Å². The highest BCUT2D eigenvalue weighted by Gasteiger charge is 2.25. The fourth-order valence-electron chi connectivity index (χ4n) is 3.27. The Kier molecular flexibility index (Phi) is 6.38. The van der Waals surface area contributed by atoms with Crippen LogP contribution in [0.2, 0.25) is 0 Å². The van der Waals surface area contributed by atoms with Crippen molar-refractivity contribution in [2.75, 3.05) is 31.6 Å². The summed E-state index contributed by atoms with van der Waals surface area (Å²) in [5, 5.41) is 0. The normalized spacial score (nSPS) is 19.0. The lowest BCUT2D eigenvalue weighted by Gasteiger charge is -2.28. The molecule has 0 spiro atoms. The van der Waals surface area contributed by atoms with Crippen LogP contribution in [0, 0.1) is 13.8 Å². The Morgan fingerprint density at radius 3 is 2.48 bits per heavy atom. The van der Waals surface area contributed by atoms with Crippen LogP contribution in [0.1, 0.15) is 51.4 Å². The number of rotatable bonds is 4. The molecule has 0 bridgehead atoms. The maximum absolute atomic E-state index is 12.1. The number of nitrogens with zero attached hydrogens (tertiary/aromatic N) is 4. The lowest BCUT2D eigenvalue weighted by molar-refractivity contribution is -0.156. The third-order valence-corrected chi connectivity index (χ3v) is 4.37. The monoisotopic (exact) mass is 348 g/mol. The van der Waals surface area contributed by atoms with Crippen molar-refractivity contribution in [3.05, 3.63) is 17.5 Å². The van der Waals surface area contributed by atoms with Gasteiger partial charge in [-0.1, -0.05) is 0 Å². The van der Waals surface area contributed by atoms with E-state index in [0.717, 1.165) is 49.7 Å². The molecule has 0 aliphatic carbocycles. The zero-order valence-corrected chi connectivity index (χ0v) is 16.5. The van der Waals surface area contributed by atoms with Crippen molar-refractivity contribution in [2.45, 2.75) is 65.5 Å². The molecule has 6 nitrogen and oxygen atoms in total. The molecule has 0 unspecified atom stereocenters. The summed E-state index contributed by atoms with van der Waals surface area (Å²) in [5.74, 6) is 0.668. The second-order valence-corrected chi connectivity index (χ2v) is 8.02. The van der Waals surface area contributed by atoms with Crippen LogP contribution < -0.4 is 4.90 Å². The van der Waals surface area contributed by atoms with Crippen LogP contribution in [0.15, 0.2) is 6.07 Å². The molecule has 1 aliphatic heterocycles. The van der Waals surface area contributed by atoms with E-state index in [-0.39, 0.29) is 5.97 Å². The van der Waals surface area contributed by atoms with Gasteiger partial charge in [0, 0.05) is 30.5 Å². The van der Waals surface area contributed by atoms with E-state index >= 15 is 0 Å². The van der Waals surface area contributed by atoms with Gasteiger partial charge in [0.2, 0.25) is 5.95 Å². The van der Waals surface area contributed by atoms with Gasteiger partial charge in [0.1, 0.15) is 5.60 Å². The second kappa shape index (κ2) is 8.13. The first-order valence-corrected chi connectivity index (χ1v) is 9.13. The number of carbonyl (C=O) groups is 1. The van der Waals surface area contributed by atoms with Gasteiger partial charge in [0.05, 0.1) is 6.54 Å². The minimum absolute atomic E-state index is 0.159. The molecule has 2 heterocycles. The van der Waals surface area contributed by atoms with Crippen molar-refractivity contribution in [2.24, 2.45) is 0 Å². The molecular formula is C19H32N4O2. The molecular weight excluding hydrogens is 316 g/mol. The lowest BCUT2D eigenvalue weighted by atomic mass is 10.1. The Morgan fingerprint density at radius 2 is 1.88 bits per heavy atom. The van der Waals surface area contributed by atoms with Gasteiger partial charge >= 0.3 is 5.97 Å². The van der Waals surface area contributed by atoms with E-state index in [1.54, 1.807) is 0 Å². The predicted octanol–water partition coefficient (Wildman–Crippen LogP) is 2.73. The number of carbonyl (C=O) groups excluding carboxylic acids is 1. The molecule has 2 rings (SSSR count). The summed E-state index contributed by atoms with van der Waals surface area (Å²) in [6.07, 6.45) is 3.13. The maximum atomic E-state index is 12.1. The standard InChI is InChI=1S/C19H32N4O2/c1-14-12-15(2)21-18(20-14)23-10-7-8-16(9-11-23)22(6)13-17(24)25-19(3,4)5/h12,16H,7-11,13H2,1-6H3/t16-/m1/s1. The first kappa shape index (κ1) is 19.6. The number of hydrogen-bond acceptors (Lipinski definition) is 6. The summed E-state index contributed by atoms with van der Waals surface area (Å²) in [7, 11) is 2.01. The Hall–Kier alpha value is -1.69. The molecule has 0 amide bonds. The zero-order chi connectivity index (χ0) is 18.6. The lowest BCUT2D eigenvalue weighted by Crippen LogP contribution is -2.39. The molecule has 140 valence electrons. The molecule has 6 heteroatoms. The molecule has 1 aromatic heterocycles. The van der Waals surface area contributed by atoms with Crippen molar-refractivity contribution in [3.63, 3.8) is 0 Å². The van der Waals surface area contributed by atoms with Crippen LogP contribution in [0.5, 0.6) is 0 Å². The summed E-state index contributed by atoms with van der Waals surface area (Å²) in [4.78, 5) is 25.6. The van der Waals surface area contributed by atoms with Crippen LogP contribution in [0.4, 0.5) is 5.95 Å². The number of aryl methyl sites for hydroxylation is 2. The number of hydrogen-bond donors (Lipinski definition) is 0. The highest BCUT2D eigenvalue weighted by molar-refractivity contribution is 5.72. The summed E-state index contributed by atoms with van der Waals surface area (Å²) < 4.78 is 5.44. The van der Waals surface area contributed by atoms with Crippen molar-refractivity contribution < 1.29 is 9.53 Å². The minimum atomic E-state index is -0.432. The molecule has 0 radical (unpaired) electrons. The van der Waals surface area contributed by atoms with Crippen LogP contribution in [0.3, 0.4) is 0 Å². The van der Waals surface area contributed by atoms with Crippen molar-refractivity contribution in [1.82, 2.24) is 14.9 Å². The van der Waals surface area contributed by atoms with Crippen LogP contribution in [-0.2, 0) is 9.53 Å². The highest BCUT2D eigenvalue weighted by Crippen LogP contribution is 2.20. The largest absolute Gasteiger partial charge is 0.459 e. The van der Waals surface area contributed by atoms with E-state index in [0.29, 0.717) is 12.6 Å². The number of ether oxygens (including phenoxy) is 1. The molecule has 0 saturated carbocycles. The van der Waals surface area contributed by atoms with Crippen molar-refractivity contribution in [3.8, 4) is 0 Å². The van der Waals surface area contributed by atoms with Crippen LogP contribution in [-0.4, -0.2) is 59.2 Å². The quantitative estimate of drug-likeness (QED) is 0.780.